The zero-order valence-corrected chi connectivity index (χ0v) is 38.8. The number of thiophene rings is 2. The molecule has 16 rings (SSSR count). The van der Waals surface area contributed by atoms with Gasteiger partial charge in [-0.05, 0) is 87.6 Å². The second kappa shape index (κ2) is 14.4. The summed E-state index contributed by atoms with van der Waals surface area (Å²) in [6.07, 6.45) is 0. The fourth-order valence-corrected chi connectivity index (χ4v) is 13.6. The lowest BCUT2D eigenvalue weighted by Gasteiger charge is -2.14. The van der Waals surface area contributed by atoms with Gasteiger partial charge in [0.25, 0.3) is 0 Å². The monoisotopic (exact) mass is 926 g/mol. The second-order valence-electron chi connectivity index (χ2n) is 18.2. The van der Waals surface area contributed by atoms with E-state index < -0.39 is 0 Å². The van der Waals surface area contributed by atoms with E-state index in [9.17, 15) is 0 Å². The van der Waals surface area contributed by atoms with Gasteiger partial charge in [-0.3, -0.25) is 0 Å². The highest BCUT2D eigenvalue weighted by molar-refractivity contribution is 7.26. The van der Waals surface area contributed by atoms with E-state index in [1.807, 2.05) is 6.07 Å². The Morgan fingerprint density at radius 2 is 0.986 bits per heavy atom. The molecule has 70 heavy (non-hydrogen) atoms. The lowest BCUT2D eigenvalue weighted by Crippen LogP contribution is -2.01. The second-order valence-corrected chi connectivity index (χ2v) is 20.4. The van der Waals surface area contributed by atoms with Gasteiger partial charge >= 0.3 is 0 Å². The Hall–Kier alpha value is -8.75. The Bertz CT molecular complexity index is 4920. The SMILES string of the molecule is c1ccc2cc3c(cc2c1)c1ccc2ccccc2c1n3-c1ccc2c(c1)cc(-c1nc(-c3cccc4c3sc3ccccc34)nc(-c3cccc4sc5ccccc5c34)n1)c1oc3ccccc3c12. The normalized spacial score (nSPS) is 12.3. The quantitative estimate of drug-likeness (QED) is 0.176. The van der Waals surface area contributed by atoms with E-state index >= 15 is 0 Å². The number of furan rings is 1. The summed E-state index contributed by atoms with van der Waals surface area (Å²) in [5.41, 5.74) is 7.74. The molecule has 324 valence electrons. The van der Waals surface area contributed by atoms with E-state index in [1.165, 1.54) is 68.1 Å². The molecule has 5 aromatic heterocycles. The van der Waals surface area contributed by atoms with Crippen LogP contribution in [0.3, 0.4) is 0 Å². The molecule has 5 nitrogen and oxygen atoms in total. The lowest BCUT2D eigenvalue weighted by atomic mass is 9.99. The molecule has 5 heterocycles. The molecule has 0 spiro atoms. The zero-order chi connectivity index (χ0) is 45.6. The molecule has 0 amide bonds. The van der Waals surface area contributed by atoms with Crippen molar-refractivity contribution in [1.82, 2.24) is 19.5 Å². The first-order chi connectivity index (χ1) is 34.7. The first-order valence-corrected chi connectivity index (χ1v) is 25.1. The largest absolute Gasteiger partial charge is 0.455 e. The third kappa shape index (κ3) is 5.44. The van der Waals surface area contributed by atoms with Crippen LogP contribution in [0, 0.1) is 0 Å². The van der Waals surface area contributed by atoms with Gasteiger partial charge in [0.05, 0.1) is 16.6 Å². The van der Waals surface area contributed by atoms with Crippen molar-refractivity contribution in [2.45, 2.75) is 0 Å². The summed E-state index contributed by atoms with van der Waals surface area (Å²) >= 11 is 3.58. The maximum absolute atomic E-state index is 6.97. The van der Waals surface area contributed by atoms with E-state index in [2.05, 4.69) is 205 Å². The molecule has 0 N–H and O–H groups in total. The van der Waals surface area contributed by atoms with Crippen LogP contribution in [-0.2, 0) is 0 Å². The lowest BCUT2D eigenvalue weighted by molar-refractivity contribution is 0.670. The summed E-state index contributed by atoms with van der Waals surface area (Å²) in [5.74, 6) is 1.80. The first kappa shape index (κ1) is 38.2. The number of aromatic nitrogens is 4. The molecule has 16 aromatic rings. The number of fused-ring (bicyclic) bond motifs is 17. The molecule has 0 aliphatic rings. The molecule has 11 aromatic carbocycles. The van der Waals surface area contributed by atoms with Gasteiger partial charge in [-0.2, -0.15) is 0 Å². The van der Waals surface area contributed by atoms with Crippen LogP contribution in [0.1, 0.15) is 0 Å². The predicted molar refractivity (Wildman–Crippen MR) is 296 cm³/mol. The van der Waals surface area contributed by atoms with Crippen molar-refractivity contribution in [1.29, 1.82) is 0 Å². The first-order valence-electron chi connectivity index (χ1n) is 23.5. The fraction of sp³-hybridized carbons (Fsp3) is 0. The Kier molecular flexibility index (Phi) is 7.86. The summed E-state index contributed by atoms with van der Waals surface area (Å²) in [6.45, 7) is 0. The average Bonchev–Trinajstić information content (AvgIpc) is 4.19. The van der Waals surface area contributed by atoms with Gasteiger partial charge in [0.1, 0.15) is 11.2 Å². The summed E-state index contributed by atoms with van der Waals surface area (Å²) in [7, 11) is 0. The third-order valence-corrected chi connectivity index (χ3v) is 16.7. The van der Waals surface area contributed by atoms with Crippen molar-refractivity contribution in [2.24, 2.45) is 0 Å². The predicted octanol–water partition coefficient (Wildman–Crippen LogP) is 18.1. The van der Waals surface area contributed by atoms with Crippen LogP contribution in [-0.4, -0.2) is 19.5 Å². The number of hydrogen-bond acceptors (Lipinski definition) is 6. The molecule has 0 saturated heterocycles. The molecular formula is C63H34N4OS2. The average molecular weight is 927 g/mol. The summed E-state index contributed by atoms with van der Waals surface area (Å²) in [4.78, 5) is 16.5. The molecule has 0 bridgehead atoms. The summed E-state index contributed by atoms with van der Waals surface area (Å²) < 4.78 is 14.2. The van der Waals surface area contributed by atoms with Gasteiger partial charge in [0.2, 0.25) is 0 Å². The van der Waals surface area contributed by atoms with Gasteiger partial charge < -0.3 is 8.98 Å². The Morgan fingerprint density at radius 1 is 0.357 bits per heavy atom. The van der Waals surface area contributed by atoms with E-state index in [0.717, 1.165) is 70.7 Å². The van der Waals surface area contributed by atoms with E-state index in [4.69, 9.17) is 19.4 Å². The zero-order valence-electron chi connectivity index (χ0n) is 37.1. The van der Waals surface area contributed by atoms with Crippen molar-refractivity contribution in [3.05, 3.63) is 206 Å². The number of para-hydroxylation sites is 1. The number of nitrogens with zero attached hydrogens (tertiary/aromatic N) is 4. The third-order valence-electron chi connectivity index (χ3n) is 14.4. The molecule has 0 unspecified atom stereocenters. The van der Waals surface area contributed by atoms with Crippen LogP contribution in [0.25, 0.3) is 156 Å². The van der Waals surface area contributed by atoms with Gasteiger partial charge in [-0.1, -0.05) is 146 Å². The van der Waals surface area contributed by atoms with Gasteiger partial charge in [-0.25, -0.2) is 15.0 Å². The van der Waals surface area contributed by atoms with Gasteiger partial charge in [0, 0.05) is 84.1 Å². The van der Waals surface area contributed by atoms with Crippen LogP contribution >= 0.6 is 22.7 Å². The van der Waals surface area contributed by atoms with Gasteiger partial charge in [-0.15, -0.1) is 22.7 Å². The highest BCUT2D eigenvalue weighted by Crippen LogP contribution is 2.46. The number of rotatable bonds is 4. The van der Waals surface area contributed by atoms with Crippen LogP contribution in [0.15, 0.2) is 211 Å². The maximum Gasteiger partial charge on any atom is 0.167 e. The topological polar surface area (TPSA) is 56.7 Å². The molecule has 0 fully saturated rings. The van der Waals surface area contributed by atoms with Crippen molar-refractivity contribution in [3.63, 3.8) is 0 Å². The van der Waals surface area contributed by atoms with Crippen molar-refractivity contribution >= 4 is 139 Å². The minimum Gasteiger partial charge on any atom is -0.455 e. The molecule has 0 radical (unpaired) electrons. The Balaban J connectivity index is 1.01. The van der Waals surface area contributed by atoms with Gasteiger partial charge in [0.15, 0.2) is 17.5 Å². The molecule has 0 saturated carbocycles. The summed E-state index contributed by atoms with van der Waals surface area (Å²) in [6, 6.07) is 74.4. The van der Waals surface area contributed by atoms with Crippen molar-refractivity contribution in [3.8, 4) is 39.9 Å². The molecule has 7 heteroatoms. The standard InChI is InChI=1S/C63H34N4OS2/c1-2-15-37-34-51-49(32-36(37)14-1)43-29-27-35-13-3-4-16-41(35)58(43)67(51)39-28-30-40-38(31-39)33-50(59-57(40)45-18-5-8-23-52(45)68-59)63-65-61(47-21-12-26-55-56(47)46-19-7-10-25-54(46)69-55)64-62(66-63)48-22-11-20-44-42-17-6-9-24-53(42)70-60(44)48/h1-34H. The number of benzene rings is 11. The van der Waals surface area contributed by atoms with E-state index in [0.29, 0.717) is 17.5 Å². The highest BCUT2D eigenvalue weighted by atomic mass is 32.1. The van der Waals surface area contributed by atoms with Crippen molar-refractivity contribution < 1.29 is 4.42 Å². The fourth-order valence-electron chi connectivity index (χ4n) is 11.3. The molecule has 0 aliphatic carbocycles. The molecule has 0 atom stereocenters. The molecular weight excluding hydrogens is 893 g/mol. The Labute approximate surface area is 406 Å². The van der Waals surface area contributed by atoms with Crippen LogP contribution in [0.5, 0.6) is 0 Å². The van der Waals surface area contributed by atoms with Crippen LogP contribution < -0.4 is 0 Å². The minimum absolute atomic E-state index is 0.556. The maximum atomic E-state index is 6.97. The van der Waals surface area contributed by atoms with Crippen LogP contribution in [0.2, 0.25) is 0 Å². The summed E-state index contributed by atoms with van der Waals surface area (Å²) in [5, 5.41) is 16.3. The number of hydrogen-bond donors (Lipinski definition) is 0. The van der Waals surface area contributed by atoms with Crippen molar-refractivity contribution in [2.75, 3.05) is 0 Å². The highest BCUT2D eigenvalue weighted by Gasteiger charge is 2.24. The Morgan fingerprint density at radius 3 is 1.84 bits per heavy atom. The smallest absolute Gasteiger partial charge is 0.167 e. The van der Waals surface area contributed by atoms with E-state index in [1.54, 1.807) is 22.7 Å². The van der Waals surface area contributed by atoms with Crippen LogP contribution in [0.4, 0.5) is 0 Å². The molecule has 0 aliphatic heterocycles. The van der Waals surface area contributed by atoms with E-state index in [-0.39, 0.29) is 0 Å². The minimum atomic E-state index is 0.556.